The molecule has 0 fully saturated rings. The summed E-state index contributed by atoms with van der Waals surface area (Å²) in [5, 5.41) is 10.1. The molecule has 0 aliphatic heterocycles. The van der Waals surface area contributed by atoms with E-state index in [0.29, 0.717) is 33.9 Å². The van der Waals surface area contributed by atoms with E-state index in [4.69, 9.17) is 16.3 Å². The van der Waals surface area contributed by atoms with Gasteiger partial charge in [0.15, 0.2) is 0 Å². The summed E-state index contributed by atoms with van der Waals surface area (Å²) in [6.07, 6.45) is 5.47. The van der Waals surface area contributed by atoms with E-state index in [9.17, 15) is 14.7 Å². The number of hydrogen-bond acceptors (Lipinski definition) is 6. The highest BCUT2D eigenvalue weighted by Crippen LogP contribution is 2.30. The van der Waals surface area contributed by atoms with Crippen LogP contribution in [0.15, 0.2) is 58.5 Å². The maximum atomic E-state index is 13.5. The lowest BCUT2D eigenvalue weighted by Gasteiger charge is -2.16. The average molecular weight is 467 g/mol. The molecule has 0 amide bonds. The Morgan fingerprint density at radius 1 is 1.12 bits per heavy atom. The van der Waals surface area contributed by atoms with Crippen molar-refractivity contribution < 1.29 is 9.84 Å². The summed E-state index contributed by atoms with van der Waals surface area (Å²) >= 11 is 6.04. The largest absolute Gasteiger partial charge is 0.454 e. The molecule has 8 nitrogen and oxygen atoms in total. The van der Waals surface area contributed by atoms with E-state index < -0.39 is 11.2 Å². The number of nitrogens with zero attached hydrogens (tertiary/aromatic N) is 4. The Kier molecular flexibility index (Phi) is 6.57. The maximum absolute atomic E-state index is 13.5. The van der Waals surface area contributed by atoms with Gasteiger partial charge in [-0.1, -0.05) is 23.7 Å². The van der Waals surface area contributed by atoms with Gasteiger partial charge in [-0.3, -0.25) is 18.9 Å². The fourth-order valence-corrected chi connectivity index (χ4v) is 3.82. The molecule has 1 N–H and O–H groups in total. The third-order valence-corrected chi connectivity index (χ3v) is 5.59. The highest BCUT2D eigenvalue weighted by atomic mass is 35.5. The predicted octanol–water partition coefficient (Wildman–Crippen LogP) is 3.22. The van der Waals surface area contributed by atoms with Crippen LogP contribution in [0.1, 0.15) is 23.1 Å². The fourth-order valence-electron chi connectivity index (χ4n) is 3.70. The third kappa shape index (κ3) is 4.67. The number of hydrogen-bond donors (Lipinski definition) is 1. The van der Waals surface area contributed by atoms with Crippen LogP contribution in [0.5, 0.6) is 11.5 Å². The second-order valence-electron chi connectivity index (χ2n) is 7.78. The van der Waals surface area contributed by atoms with Crippen LogP contribution in [0.3, 0.4) is 0 Å². The number of aliphatic hydroxyl groups is 1. The Morgan fingerprint density at radius 2 is 1.88 bits per heavy atom. The molecule has 3 aromatic heterocycles. The van der Waals surface area contributed by atoms with E-state index in [-0.39, 0.29) is 25.2 Å². The van der Waals surface area contributed by atoms with Crippen LogP contribution in [0, 0.1) is 6.92 Å². The summed E-state index contributed by atoms with van der Waals surface area (Å²) in [5.74, 6) is 0.910. The van der Waals surface area contributed by atoms with Crippen molar-refractivity contribution in [2.75, 3.05) is 6.61 Å². The van der Waals surface area contributed by atoms with Crippen molar-refractivity contribution in [2.45, 2.75) is 26.3 Å². The minimum Gasteiger partial charge on any atom is -0.454 e. The molecular formula is C24H23ClN4O4. The molecule has 0 spiro atoms. The van der Waals surface area contributed by atoms with Crippen LogP contribution in [-0.4, -0.2) is 30.8 Å². The fraction of sp³-hybridized carbons (Fsp3) is 0.250. The summed E-state index contributed by atoms with van der Waals surface area (Å²) in [4.78, 5) is 34.8. The molecule has 0 radical (unpaired) electrons. The third-order valence-electron chi connectivity index (χ3n) is 5.33. The lowest BCUT2D eigenvalue weighted by Crippen LogP contribution is -2.40. The predicted molar refractivity (Wildman–Crippen MR) is 126 cm³/mol. The Bertz CT molecular complexity index is 1430. The summed E-state index contributed by atoms with van der Waals surface area (Å²) in [6, 6.07) is 9.14. The highest BCUT2D eigenvalue weighted by Gasteiger charge is 2.20. The first-order chi connectivity index (χ1) is 15.9. The number of aryl methyl sites for hydroxylation is 2. The number of pyridine rings is 2. The first-order valence-electron chi connectivity index (χ1n) is 10.4. The lowest BCUT2D eigenvalue weighted by molar-refractivity contribution is 0.277. The van der Waals surface area contributed by atoms with E-state index in [2.05, 4.69) is 9.97 Å². The molecule has 1 aromatic carbocycles. The van der Waals surface area contributed by atoms with Crippen LogP contribution in [0.2, 0.25) is 5.02 Å². The van der Waals surface area contributed by atoms with Gasteiger partial charge in [0.05, 0.1) is 17.8 Å². The number of halogens is 1. The van der Waals surface area contributed by atoms with Crippen LogP contribution in [-0.2, 0) is 20.0 Å². The maximum Gasteiger partial charge on any atom is 0.332 e. The van der Waals surface area contributed by atoms with Crippen molar-refractivity contribution in [1.29, 1.82) is 0 Å². The topological polar surface area (TPSA) is 99.2 Å². The summed E-state index contributed by atoms with van der Waals surface area (Å²) in [6.45, 7) is 1.88. The van der Waals surface area contributed by atoms with Crippen molar-refractivity contribution in [3.63, 3.8) is 0 Å². The van der Waals surface area contributed by atoms with Crippen molar-refractivity contribution in [3.8, 4) is 11.5 Å². The van der Waals surface area contributed by atoms with Crippen LogP contribution >= 0.6 is 11.6 Å². The summed E-state index contributed by atoms with van der Waals surface area (Å²) in [5.41, 5.74) is 1.75. The molecular weight excluding hydrogens is 444 g/mol. The Hall–Kier alpha value is -3.49. The number of fused-ring (bicyclic) bond motifs is 1. The van der Waals surface area contributed by atoms with Crippen LogP contribution in [0.4, 0.5) is 0 Å². The normalized spacial score (nSPS) is 11.2. The molecule has 0 unspecified atom stereocenters. The lowest BCUT2D eigenvalue weighted by atomic mass is 10.0. The quantitative estimate of drug-likeness (QED) is 0.449. The van der Waals surface area contributed by atoms with Gasteiger partial charge in [-0.25, -0.2) is 9.78 Å². The molecule has 4 rings (SSSR count). The Balaban J connectivity index is 1.97. The van der Waals surface area contributed by atoms with Gasteiger partial charge in [-0.05, 0) is 42.7 Å². The second-order valence-corrected chi connectivity index (χ2v) is 8.21. The molecule has 0 aliphatic rings. The molecule has 0 saturated carbocycles. The standard InChI is InChI=1S/C24H23ClN4O4/c1-15-10-18(13-26-12-15)33-20-14-27-22-21(19(20)11-16-4-6-17(25)7-5-16)23(31)29(8-3-9-30)24(32)28(22)2/h4-7,10,12-14,30H,3,8-9,11H2,1-2H3. The second kappa shape index (κ2) is 9.56. The number of rotatable bonds is 7. The Morgan fingerprint density at radius 3 is 2.58 bits per heavy atom. The monoisotopic (exact) mass is 466 g/mol. The first kappa shape index (κ1) is 22.7. The van der Waals surface area contributed by atoms with E-state index in [0.717, 1.165) is 15.7 Å². The Labute approximate surface area is 194 Å². The molecule has 0 aliphatic carbocycles. The van der Waals surface area contributed by atoms with Crippen LogP contribution < -0.4 is 16.0 Å². The molecule has 4 aromatic rings. The number of benzene rings is 1. The minimum absolute atomic E-state index is 0.102. The zero-order valence-corrected chi connectivity index (χ0v) is 19.0. The molecule has 0 bridgehead atoms. The molecule has 33 heavy (non-hydrogen) atoms. The zero-order valence-electron chi connectivity index (χ0n) is 18.3. The zero-order chi connectivity index (χ0) is 23.5. The van der Waals surface area contributed by atoms with Gasteiger partial charge in [0.25, 0.3) is 5.56 Å². The molecule has 0 saturated heterocycles. The van der Waals surface area contributed by atoms with Gasteiger partial charge < -0.3 is 9.84 Å². The SMILES string of the molecule is Cc1cncc(Oc2cnc3c(c2Cc2ccc(Cl)cc2)c(=O)n(CCCO)c(=O)n3C)c1. The number of aliphatic hydroxyl groups excluding tert-OH is 1. The van der Waals surface area contributed by atoms with Gasteiger partial charge in [0, 0.05) is 43.4 Å². The molecule has 0 atom stereocenters. The van der Waals surface area contributed by atoms with E-state index in [1.54, 1.807) is 31.6 Å². The number of ether oxygens (including phenoxy) is 1. The van der Waals surface area contributed by atoms with Gasteiger partial charge in [0.1, 0.15) is 17.1 Å². The van der Waals surface area contributed by atoms with Crippen LogP contribution in [0.25, 0.3) is 11.0 Å². The van der Waals surface area contributed by atoms with Gasteiger partial charge >= 0.3 is 5.69 Å². The first-order valence-corrected chi connectivity index (χ1v) is 10.8. The van der Waals surface area contributed by atoms with Gasteiger partial charge in [-0.2, -0.15) is 0 Å². The van der Waals surface area contributed by atoms with Gasteiger partial charge in [-0.15, -0.1) is 0 Å². The molecule has 170 valence electrons. The van der Waals surface area contributed by atoms with Crippen molar-refractivity contribution in [1.82, 2.24) is 19.1 Å². The average Bonchev–Trinajstić information content (AvgIpc) is 2.80. The van der Waals surface area contributed by atoms with Crippen molar-refractivity contribution in [3.05, 3.63) is 91.5 Å². The van der Waals surface area contributed by atoms with E-state index in [1.165, 1.54) is 10.8 Å². The van der Waals surface area contributed by atoms with E-state index in [1.807, 2.05) is 25.1 Å². The summed E-state index contributed by atoms with van der Waals surface area (Å²) in [7, 11) is 1.57. The van der Waals surface area contributed by atoms with Crippen molar-refractivity contribution in [2.24, 2.45) is 7.05 Å². The van der Waals surface area contributed by atoms with Crippen molar-refractivity contribution >= 4 is 22.6 Å². The molecule has 3 heterocycles. The highest BCUT2D eigenvalue weighted by molar-refractivity contribution is 6.30. The minimum atomic E-state index is -0.484. The van der Waals surface area contributed by atoms with Gasteiger partial charge in [0.2, 0.25) is 0 Å². The summed E-state index contributed by atoms with van der Waals surface area (Å²) < 4.78 is 8.59. The molecule has 9 heteroatoms. The number of aromatic nitrogens is 4. The smallest absolute Gasteiger partial charge is 0.332 e. The van der Waals surface area contributed by atoms with E-state index >= 15 is 0 Å².